The van der Waals surface area contributed by atoms with E-state index in [0.29, 0.717) is 12.5 Å². The standard InChI is InChI=1S/C20H30O2/c1-18(2,22)15-7-8-16-14(12-15)6-9-17-19(3,13-21)10-5-11-20(16,17)4/h7-8,12,17,21-22H,5-6,9-11,13H2,1-4H3/t17-,19-,20+/m0/s1. The van der Waals surface area contributed by atoms with Crippen molar-refractivity contribution < 1.29 is 10.2 Å². The third-order valence-corrected chi connectivity index (χ3v) is 6.54. The Kier molecular flexibility index (Phi) is 3.69. The van der Waals surface area contributed by atoms with Crippen LogP contribution in [0.5, 0.6) is 0 Å². The molecule has 0 amide bonds. The second-order valence-corrected chi connectivity index (χ2v) is 8.61. The maximum atomic E-state index is 10.3. The Morgan fingerprint density at radius 2 is 1.95 bits per heavy atom. The minimum absolute atomic E-state index is 0.0552. The third kappa shape index (κ3) is 2.32. The first-order valence-electron chi connectivity index (χ1n) is 8.68. The fourth-order valence-corrected chi connectivity index (χ4v) is 5.19. The van der Waals surface area contributed by atoms with Crippen LogP contribution in [-0.4, -0.2) is 16.8 Å². The molecule has 0 heterocycles. The quantitative estimate of drug-likeness (QED) is 0.869. The van der Waals surface area contributed by atoms with Crippen molar-refractivity contribution in [3.63, 3.8) is 0 Å². The van der Waals surface area contributed by atoms with Crippen molar-refractivity contribution >= 4 is 0 Å². The molecular formula is C20H30O2. The molecule has 0 bridgehead atoms. The number of aliphatic hydroxyl groups excluding tert-OH is 1. The molecule has 0 unspecified atom stereocenters. The first-order valence-corrected chi connectivity index (χ1v) is 8.68. The molecule has 0 saturated heterocycles. The lowest BCUT2D eigenvalue weighted by Crippen LogP contribution is -2.50. The molecule has 1 fully saturated rings. The fourth-order valence-electron chi connectivity index (χ4n) is 5.19. The van der Waals surface area contributed by atoms with Gasteiger partial charge in [0.05, 0.1) is 5.60 Å². The summed E-state index contributed by atoms with van der Waals surface area (Å²) in [5.41, 5.74) is 3.31. The Balaban J connectivity index is 2.06. The van der Waals surface area contributed by atoms with Gasteiger partial charge in [0, 0.05) is 6.61 Å². The highest BCUT2D eigenvalue weighted by atomic mass is 16.3. The van der Waals surface area contributed by atoms with Gasteiger partial charge in [0.25, 0.3) is 0 Å². The molecule has 2 heteroatoms. The van der Waals surface area contributed by atoms with Crippen molar-refractivity contribution in [1.82, 2.24) is 0 Å². The largest absolute Gasteiger partial charge is 0.396 e. The average molecular weight is 302 g/mol. The van der Waals surface area contributed by atoms with Gasteiger partial charge < -0.3 is 10.2 Å². The van der Waals surface area contributed by atoms with Crippen molar-refractivity contribution in [2.75, 3.05) is 6.61 Å². The molecule has 0 spiro atoms. The Morgan fingerprint density at radius 1 is 1.23 bits per heavy atom. The van der Waals surface area contributed by atoms with Crippen LogP contribution in [-0.2, 0) is 17.4 Å². The van der Waals surface area contributed by atoms with Gasteiger partial charge in [-0.15, -0.1) is 0 Å². The van der Waals surface area contributed by atoms with E-state index in [0.717, 1.165) is 24.8 Å². The minimum Gasteiger partial charge on any atom is -0.396 e. The summed E-state index contributed by atoms with van der Waals surface area (Å²) in [5, 5.41) is 20.2. The Labute approximate surface area is 134 Å². The van der Waals surface area contributed by atoms with Crippen LogP contribution in [0.4, 0.5) is 0 Å². The summed E-state index contributed by atoms with van der Waals surface area (Å²) in [4.78, 5) is 0. The van der Waals surface area contributed by atoms with Crippen molar-refractivity contribution in [2.45, 2.75) is 70.8 Å². The summed E-state index contributed by atoms with van der Waals surface area (Å²) in [6, 6.07) is 6.55. The second kappa shape index (κ2) is 5.07. The highest BCUT2D eigenvalue weighted by Crippen LogP contribution is 2.57. The van der Waals surface area contributed by atoms with Crippen LogP contribution >= 0.6 is 0 Å². The summed E-state index contributed by atoms with van der Waals surface area (Å²) in [6.45, 7) is 8.67. The van der Waals surface area contributed by atoms with Crippen molar-refractivity contribution in [1.29, 1.82) is 0 Å². The molecule has 22 heavy (non-hydrogen) atoms. The van der Waals surface area contributed by atoms with Gasteiger partial charge in [-0.05, 0) is 73.0 Å². The van der Waals surface area contributed by atoms with E-state index < -0.39 is 5.60 Å². The van der Waals surface area contributed by atoms with Crippen LogP contribution in [0.25, 0.3) is 0 Å². The van der Waals surface area contributed by atoms with Crippen LogP contribution < -0.4 is 0 Å². The van der Waals surface area contributed by atoms with Gasteiger partial charge in [0.15, 0.2) is 0 Å². The molecule has 0 radical (unpaired) electrons. The van der Waals surface area contributed by atoms with E-state index in [1.807, 2.05) is 13.8 Å². The van der Waals surface area contributed by atoms with Gasteiger partial charge in [-0.25, -0.2) is 0 Å². The Morgan fingerprint density at radius 3 is 2.59 bits per heavy atom. The smallest absolute Gasteiger partial charge is 0.0840 e. The fraction of sp³-hybridized carbons (Fsp3) is 0.700. The van der Waals surface area contributed by atoms with Crippen LogP contribution in [0.3, 0.4) is 0 Å². The highest BCUT2D eigenvalue weighted by Gasteiger charge is 2.51. The summed E-state index contributed by atoms with van der Waals surface area (Å²) < 4.78 is 0. The van der Waals surface area contributed by atoms with E-state index in [1.54, 1.807) is 0 Å². The normalized spacial score (nSPS) is 34.9. The van der Waals surface area contributed by atoms with Gasteiger partial charge >= 0.3 is 0 Å². The molecule has 122 valence electrons. The van der Waals surface area contributed by atoms with Gasteiger partial charge in [-0.3, -0.25) is 0 Å². The number of rotatable bonds is 2. The van der Waals surface area contributed by atoms with Crippen LogP contribution in [0.1, 0.15) is 70.1 Å². The van der Waals surface area contributed by atoms with E-state index in [9.17, 15) is 10.2 Å². The highest BCUT2D eigenvalue weighted by molar-refractivity contribution is 5.42. The van der Waals surface area contributed by atoms with Crippen molar-refractivity contribution in [3.8, 4) is 0 Å². The summed E-state index contributed by atoms with van der Waals surface area (Å²) in [7, 11) is 0. The van der Waals surface area contributed by atoms with E-state index >= 15 is 0 Å². The zero-order valence-electron chi connectivity index (χ0n) is 14.4. The van der Waals surface area contributed by atoms with Crippen molar-refractivity contribution in [3.05, 3.63) is 34.9 Å². The topological polar surface area (TPSA) is 40.5 Å². The monoisotopic (exact) mass is 302 g/mol. The Bertz CT molecular complexity index is 572. The average Bonchev–Trinajstić information content (AvgIpc) is 2.45. The van der Waals surface area contributed by atoms with Gasteiger partial charge in [0.1, 0.15) is 0 Å². The lowest BCUT2D eigenvalue weighted by Gasteiger charge is -2.55. The van der Waals surface area contributed by atoms with E-state index in [1.165, 1.54) is 24.0 Å². The molecule has 1 aromatic carbocycles. The number of aryl methyl sites for hydroxylation is 1. The van der Waals surface area contributed by atoms with Gasteiger partial charge in [0.2, 0.25) is 0 Å². The molecule has 2 N–H and O–H groups in total. The number of hydrogen-bond donors (Lipinski definition) is 2. The minimum atomic E-state index is -0.779. The summed E-state index contributed by atoms with van der Waals surface area (Å²) in [6.07, 6.45) is 5.75. The summed E-state index contributed by atoms with van der Waals surface area (Å²) >= 11 is 0. The molecule has 2 aliphatic rings. The first-order chi connectivity index (χ1) is 10.2. The van der Waals surface area contributed by atoms with E-state index in [-0.39, 0.29) is 10.8 Å². The predicted octanol–water partition coefficient (Wildman–Crippen LogP) is 3.92. The lowest BCUT2D eigenvalue weighted by molar-refractivity contribution is -0.0179. The maximum Gasteiger partial charge on any atom is 0.0840 e. The van der Waals surface area contributed by atoms with Crippen LogP contribution in [0, 0.1) is 11.3 Å². The molecule has 3 atom stereocenters. The zero-order chi connectivity index (χ0) is 16.2. The van der Waals surface area contributed by atoms with Crippen LogP contribution in [0.2, 0.25) is 0 Å². The molecule has 1 saturated carbocycles. The molecule has 0 aromatic heterocycles. The van der Waals surface area contributed by atoms with Gasteiger partial charge in [-0.1, -0.05) is 38.5 Å². The third-order valence-electron chi connectivity index (χ3n) is 6.54. The molecule has 0 aliphatic heterocycles. The van der Waals surface area contributed by atoms with Crippen LogP contribution in [0.15, 0.2) is 18.2 Å². The molecular weight excluding hydrogens is 272 g/mol. The molecule has 2 nitrogen and oxygen atoms in total. The predicted molar refractivity (Wildman–Crippen MR) is 89.9 cm³/mol. The Hall–Kier alpha value is -0.860. The lowest BCUT2D eigenvalue weighted by atomic mass is 9.50. The second-order valence-electron chi connectivity index (χ2n) is 8.61. The zero-order valence-corrected chi connectivity index (χ0v) is 14.4. The molecule has 1 aromatic rings. The first kappa shape index (κ1) is 16.0. The number of hydrogen-bond acceptors (Lipinski definition) is 2. The van der Waals surface area contributed by atoms with Gasteiger partial charge in [-0.2, -0.15) is 0 Å². The van der Waals surface area contributed by atoms with E-state index in [4.69, 9.17) is 0 Å². The molecule has 2 aliphatic carbocycles. The maximum absolute atomic E-state index is 10.3. The number of fused-ring (bicyclic) bond motifs is 3. The molecule has 3 rings (SSSR count). The number of aliphatic hydroxyl groups is 2. The SMILES string of the molecule is CC(C)(O)c1ccc2c(c1)CC[C@H]1[C@](C)(CO)CCC[C@]21C. The van der Waals surface area contributed by atoms with Crippen molar-refractivity contribution in [2.24, 2.45) is 11.3 Å². The van der Waals surface area contributed by atoms with E-state index in [2.05, 4.69) is 32.0 Å². The number of benzene rings is 1. The summed E-state index contributed by atoms with van der Waals surface area (Å²) in [5.74, 6) is 0.555.